The number of rotatable bonds is 4. The minimum atomic E-state index is -1.01. The molecular formula is C25H25NO4. The molecule has 3 heterocycles. The molecule has 0 saturated carbocycles. The van der Waals surface area contributed by atoms with Crippen LogP contribution in [0.25, 0.3) is 0 Å². The van der Waals surface area contributed by atoms with Crippen LogP contribution in [0.2, 0.25) is 0 Å². The summed E-state index contributed by atoms with van der Waals surface area (Å²) in [6, 6.07) is 18.6. The van der Waals surface area contributed by atoms with Crippen molar-refractivity contribution in [1.82, 2.24) is 4.90 Å². The van der Waals surface area contributed by atoms with E-state index in [2.05, 4.69) is 13.8 Å². The van der Waals surface area contributed by atoms with Gasteiger partial charge in [0.2, 0.25) is 0 Å². The molecule has 30 heavy (non-hydrogen) atoms. The fraction of sp³-hybridized carbons (Fsp3) is 0.360. The third-order valence-corrected chi connectivity index (χ3v) is 6.40. The van der Waals surface area contributed by atoms with E-state index in [0.717, 1.165) is 11.1 Å². The summed E-state index contributed by atoms with van der Waals surface area (Å²) in [6.45, 7) is 4.14. The molecule has 2 aromatic rings. The largest absolute Gasteiger partial charge is 0.431 e. The highest BCUT2D eigenvalue weighted by molar-refractivity contribution is 5.91. The Morgan fingerprint density at radius 1 is 0.933 bits per heavy atom. The van der Waals surface area contributed by atoms with E-state index in [1.807, 2.05) is 72.8 Å². The first-order valence-electron chi connectivity index (χ1n) is 10.5. The first-order chi connectivity index (χ1) is 14.5. The number of carbonyl (C=O) groups excluding carboxylic acids is 2. The molecule has 0 unspecified atom stereocenters. The quantitative estimate of drug-likeness (QED) is 0.722. The molecule has 0 radical (unpaired) electrons. The molecule has 0 aromatic heterocycles. The zero-order chi connectivity index (χ0) is 20.9. The fourth-order valence-electron chi connectivity index (χ4n) is 5.27. The van der Waals surface area contributed by atoms with Gasteiger partial charge in [0.1, 0.15) is 12.1 Å². The second-order valence-electron chi connectivity index (χ2n) is 8.57. The van der Waals surface area contributed by atoms with Crippen molar-refractivity contribution in [2.75, 3.05) is 0 Å². The second-order valence-corrected chi connectivity index (χ2v) is 8.57. The van der Waals surface area contributed by atoms with Gasteiger partial charge in [0, 0.05) is 17.5 Å². The number of hydrogen-bond acceptors (Lipinski definition) is 4. The molecule has 1 amide bonds. The Balaban J connectivity index is 1.69. The van der Waals surface area contributed by atoms with E-state index in [9.17, 15) is 9.59 Å². The van der Waals surface area contributed by atoms with Crippen molar-refractivity contribution in [2.45, 2.75) is 50.2 Å². The zero-order valence-corrected chi connectivity index (χ0v) is 17.1. The number of benzene rings is 2. The molecule has 0 N–H and O–H groups in total. The Labute approximate surface area is 176 Å². The Bertz CT molecular complexity index is 945. The van der Waals surface area contributed by atoms with E-state index < -0.39 is 23.8 Å². The van der Waals surface area contributed by atoms with Gasteiger partial charge in [-0.15, -0.1) is 0 Å². The molecule has 2 bridgehead atoms. The van der Waals surface area contributed by atoms with E-state index in [0.29, 0.717) is 0 Å². The van der Waals surface area contributed by atoms with Crippen molar-refractivity contribution in [3.05, 3.63) is 83.9 Å². The summed E-state index contributed by atoms with van der Waals surface area (Å²) in [5.41, 5.74) is 0.789. The van der Waals surface area contributed by atoms with Gasteiger partial charge in [-0.2, -0.15) is 0 Å². The first-order valence-corrected chi connectivity index (χ1v) is 10.5. The van der Waals surface area contributed by atoms with Crippen LogP contribution in [0.15, 0.2) is 72.8 Å². The Morgan fingerprint density at radius 2 is 1.53 bits per heavy atom. The predicted molar refractivity (Wildman–Crippen MR) is 112 cm³/mol. The lowest BCUT2D eigenvalue weighted by Crippen LogP contribution is -2.58. The number of amides is 1. The summed E-state index contributed by atoms with van der Waals surface area (Å²) in [6.07, 6.45) is 3.05. The lowest BCUT2D eigenvalue weighted by molar-refractivity contribution is -0.138. The fourth-order valence-corrected chi connectivity index (χ4v) is 5.27. The number of carbonyl (C=O) groups is 2. The number of fused-ring (bicyclic) bond motifs is 2. The van der Waals surface area contributed by atoms with E-state index in [1.165, 1.54) is 0 Å². The number of hydrogen-bond donors (Lipinski definition) is 0. The monoisotopic (exact) mass is 403 g/mol. The molecule has 4 atom stereocenters. The highest BCUT2D eigenvalue weighted by Crippen LogP contribution is 2.49. The van der Waals surface area contributed by atoms with Crippen molar-refractivity contribution < 1.29 is 19.1 Å². The molecule has 5 rings (SSSR count). The molecule has 5 heteroatoms. The number of Topliss-reactive ketones (excluding diaryl/α,β-unsaturated/α-hetero) is 1. The van der Waals surface area contributed by atoms with Crippen molar-refractivity contribution in [3.63, 3.8) is 0 Å². The predicted octanol–water partition coefficient (Wildman–Crippen LogP) is 4.07. The maximum Gasteiger partial charge on any atom is 0.412 e. The normalized spacial score (nSPS) is 29.5. The zero-order valence-electron chi connectivity index (χ0n) is 17.1. The summed E-state index contributed by atoms with van der Waals surface area (Å²) in [5, 5.41) is 0. The van der Waals surface area contributed by atoms with Crippen LogP contribution in [0.3, 0.4) is 0 Å². The lowest BCUT2D eigenvalue weighted by atomic mass is 9.75. The number of nitrogens with zero attached hydrogens (tertiary/aromatic N) is 1. The van der Waals surface area contributed by atoms with Gasteiger partial charge >= 0.3 is 6.09 Å². The van der Waals surface area contributed by atoms with Crippen molar-refractivity contribution in [2.24, 2.45) is 5.92 Å². The van der Waals surface area contributed by atoms with Gasteiger partial charge in [0.15, 0.2) is 11.4 Å². The van der Waals surface area contributed by atoms with Crippen LogP contribution >= 0.6 is 0 Å². The molecule has 3 aliphatic rings. The van der Waals surface area contributed by atoms with Crippen molar-refractivity contribution in [1.29, 1.82) is 0 Å². The van der Waals surface area contributed by atoms with E-state index in [1.54, 1.807) is 4.90 Å². The molecule has 2 aromatic carbocycles. The SMILES string of the molecule is CC(C)[C@H]1N([C@H]2C(=O)C[C@H]3C=C[C@@H]2O3)C(=O)OC1(c1ccccc1)c1ccccc1. The average Bonchev–Trinajstić information content (AvgIpc) is 3.29. The standard InChI is InChI=1S/C25H25NO4/c1-16(2)23-25(17-9-5-3-6-10-17,18-11-7-4-8-12-18)30-24(28)26(23)22-20(27)15-19-13-14-21(22)29-19/h3-14,16,19,21-23H,15H2,1-2H3/t19-,21+,22+,23-/m1/s1. The number of ether oxygens (including phenoxy) is 2. The summed E-state index contributed by atoms with van der Waals surface area (Å²) < 4.78 is 12.2. The lowest BCUT2D eigenvalue weighted by Gasteiger charge is -2.42. The smallest absolute Gasteiger partial charge is 0.412 e. The second kappa shape index (κ2) is 7.10. The Kier molecular flexibility index (Phi) is 4.51. The molecule has 2 saturated heterocycles. The molecule has 154 valence electrons. The minimum Gasteiger partial charge on any atom is -0.431 e. The maximum atomic E-state index is 13.4. The van der Waals surface area contributed by atoms with Gasteiger partial charge in [-0.3, -0.25) is 9.69 Å². The average molecular weight is 403 g/mol. The van der Waals surface area contributed by atoms with Crippen LogP contribution in [0, 0.1) is 5.92 Å². The first kappa shape index (κ1) is 19.1. The van der Waals surface area contributed by atoms with Gasteiger partial charge in [-0.25, -0.2) is 4.79 Å². The van der Waals surface area contributed by atoms with Crippen molar-refractivity contribution in [3.8, 4) is 0 Å². The summed E-state index contributed by atoms with van der Waals surface area (Å²) in [7, 11) is 0. The van der Waals surface area contributed by atoms with Crippen LogP contribution in [-0.2, 0) is 19.9 Å². The Morgan fingerprint density at radius 3 is 2.10 bits per heavy atom. The third-order valence-electron chi connectivity index (χ3n) is 6.40. The van der Waals surface area contributed by atoms with Crippen LogP contribution in [0.5, 0.6) is 0 Å². The maximum absolute atomic E-state index is 13.4. The van der Waals surface area contributed by atoms with Crippen LogP contribution in [0.1, 0.15) is 31.4 Å². The van der Waals surface area contributed by atoms with E-state index >= 15 is 0 Å². The third kappa shape index (κ3) is 2.72. The van der Waals surface area contributed by atoms with Gasteiger partial charge in [0.05, 0.1) is 12.1 Å². The van der Waals surface area contributed by atoms with E-state index in [4.69, 9.17) is 9.47 Å². The molecule has 0 spiro atoms. The molecular weight excluding hydrogens is 378 g/mol. The molecule has 2 fully saturated rings. The van der Waals surface area contributed by atoms with E-state index in [-0.39, 0.29) is 30.3 Å². The number of ketones is 1. The van der Waals surface area contributed by atoms with Gasteiger partial charge in [0.25, 0.3) is 0 Å². The topological polar surface area (TPSA) is 55.8 Å². The van der Waals surface area contributed by atoms with Crippen LogP contribution in [0.4, 0.5) is 4.79 Å². The number of cyclic esters (lactones) is 1. The van der Waals surface area contributed by atoms with Gasteiger partial charge < -0.3 is 9.47 Å². The van der Waals surface area contributed by atoms with Gasteiger partial charge in [-0.1, -0.05) is 86.7 Å². The highest BCUT2D eigenvalue weighted by Gasteiger charge is 2.61. The highest BCUT2D eigenvalue weighted by atomic mass is 16.6. The summed E-state index contributed by atoms with van der Waals surface area (Å²) in [5.74, 6) is 0.0635. The van der Waals surface area contributed by atoms with Gasteiger partial charge in [-0.05, 0) is 5.92 Å². The molecule has 5 nitrogen and oxygen atoms in total. The molecule has 0 aliphatic carbocycles. The summed E-state index contributed by atoms with van der Waals surface area (Å²) >= 11 is 0. The van der Waals surface area contributed by atoms with Crippen LogP contribution < -0.4 is 0 Å². The van der Waals surface area contributed by atoms with Crippen LogP contribution in [-0.4, -0.2) is 41.1 Å². The minimum absolute atomic E-state index is 0.0285. The summed E-state index contributed by atoms with van der Waals surface area (Å²) in [4.78, 5) is 28.2. The molecule has 3 aliphatic heterocycles. The Hall–Kier alpha value is -2.92. The van der Waals surface area contributed by atoms with Crippen molar-refractivity contribution >= 4 is 11.9 Å².